The van der Waals surface area contributed by atoms with Gasteiger partial charge in [-0.05, 0) is 13.8 Å². The zero-order valence-electron chi connectivity index (χ0n) is 10.9. The monoisotopic (exact) mass is 283 g/mol. The van der Waals surface area contributed by atoms with Crippen LogP contribution in [0, 0.1) is 0 Å². The van der Waals surface area contributed by atoms with Gasteiger partial charge in [-0.25, -0.2) is 0 Å². The summed E-state index contributed by atoms with van der Waals surface area (Å²) in [5, 5.41) is 17.6. The molecule has 0 aliphatic rings. The van der Waals surface area contributed by atoms with Gasteiger partial charge in [0.25, 0.3) is 0 Å². The Labute approximate surface area is 107 Å². The van der Waals surface area contributed by atoms with Crippen LogP contribution in [0.2, 0.25) is 0 Å². The highest BCUT2D eigenvalue weighted by Crippen LogP contribution is 2.47. The maximum atomic E-state index is 12.1. The highest BCUT2D eigenvalue weighted by Gasteiger charge is 2.29. The molecule has 8 heteroatoms. The summed E-state index contributed by atoms with van der Waals surface area (Å²) in [5.41, 5.74) is 0. The van der Waals surface area contributed by atoms with E-state index in [0.717, 1.165) is 0 Å². The molecule has 0 spiro atoms. The summed E-state index contributed by atoms with van der Waals surface area (Å²) in [7, 11) is -3.43. The SMILES string of the molecule is CCOP(=O)(CC(=O)N(CCO)CCO)OCC. The van der Waals surface area contributed by atoms with Crippen LogP contribution in [0.25, 0.3) is 0 Å². The molecule has 0 aromatic carbocycles. The molecule has 1 amide bonds. The molecule has 0 fully saturated rings. The molecule has 0 aliphatic carbocycles. The maximum Gasteiger partial charge on any atom is 0.340 e. The molecule has 18 heavy (non-hydrogen) atoms. The van der Waals surface area contributed by atoms with Gasteiger partial charge < -0.3 is 24.2 Å². The highest BCUT2D eigenvalue weighted by atomic mass is 31.2. The standard InChI is InChI=1S/C10H22NO6P/c1-3-16-18(15,17-4-2)9-10(14)11(5-7-12)6-8-13/h12-13H,3-9H2,1-2H3. The largest absolute Gasteiger partial charge is 0.395 e. The minimum absolute atomic E-state index is 0.0810. The number of amides is 1. The van der Waals surface area contributed by atoms with E-state index < -0.39 is 13.5 Å². The van der Waals surface area contributed by atoms with E-state index in [9.17, 15) is 9.36 Å². The van der Waals surface area contributed by atoms with Crippen LogP contribution in [-0.4, -0.2) is 66.7 Å². The Balaban J connectivity index is 4.59. The molecule has 108 valence electrons. The van der Waals surface area contributed by atoms with Crippen LogP contribution in [0.5, 0.6) is 0 Å². The molecule has 0 rings (SSSR count). The van der Waals surface area contributed by atoms with Crippen molar-refractivity contribution in [2.75, 3.05) is 45.7 Å². The fourth-order valence-corrected chi connectivity index (χ4v) is 2.97. The lowest BCUT2D eigenvalue weighted by molar-refractivity contribution is -0.129. The van der Waals surface area contributed by atoms with E-state index >= 15 is 0 Å². The lowest BCUT2D eigenvalue weighted by Gasteiger charge is -2.23. The van der Waals surface area contributed by atoms with Crippen LogP contribution in [0.1, 0.15) is 13.8 Å². The van der Waals surface area contributed by atoms with Gasteiger partial charge in [0.1, 0.15) is 6.16 Å². The molecule has 0 aliphatic heterocycles. The lowest BCUT2D eigenvalue weighted by Crippen LogP contribution is -2.37. The van der Waals surface area contributed by atoms with Crippen molar-refractivity contribution in [2.24, 2.45) is 0 Å². The minimum Gasteiger partial charge on any atom is -0.395 e. The van der Waals surface area contributed by atoms with E-state index in [2.05, 4.69) is 0 Å². The minimum atomic E-state index is -3.43. The van der Waals surface area contributed by atoms with E-state index in [1.807, 2.05) is 0 Å². The van der Waals surface area contributed by atoms with Gasteiger partial charge in [-0.15, -0.1) is 0 Å². The quantitative estimate of drug-likeness (QED) is 0.551. The van der Waals surface area contributed by atoms with Crippen molar-refractivity contribution in [3.63, 3.8) is 0 Å². The number of hydrogen-bond acceptors (Lipinski definition) is 6. The second kappa shape index (κ2) is 9.47. The number of aliphatic hydroxyl groups excluding tert-OH is 2. The Hall–Kier alpha value is -0.460. The molecular formula is C10H22NO6P. The number of hydrogen-bond donors (Lipinski definition) is 2. The molecule has 0 aromatic rings. The van der Waals surface area contributed by atoms with Gasteiger partial charge in [0.2, 0.25) is 5.91 Å². The predicted molar refractivity (Wildman–Crippen MR) is 66.5 cm³/mol. The summed E-state index contributed by atoms with van der Waals surface area (Å²) in [5.74, 6) is -0.469. The molecule has 0 saturated carbocycles. The molecule has 7 nitrogen and oxygen atoms in total. The summed E-state index contributed by atoms with van der Waals surface area (Å²) in [6.45, 7) is 3.41. The third-order valence-corrected chi connectivity index (χ3v) is 4.03. The van der Waals surface area contributed by atoms with Crippen molar-refractivity contribution < 1.29 is 28.6 Å². The van der Waals surface area contributed by atoms with Crippen molar-refractivity contribution >= 4 is 13.5 Å². The Morgan fingerprint density at radius 3 is 1.89 bits per heavy atom. The fraction of sp³-hybridized carbons (Fsp3) is 0.900. The van der Waals surface area contributed by atoms with E-state index in [1.165, 1.54) is 4.90 Å². The summed E-state index contributed by atoms with van der Waals surface area (Å²) in [6.07, 6.45) is -0.380. The van der Waals surface area contributed by atoms with Crippen molar-refractivity contribution in [1.29, 1.82) is 0 Å². The molecule has 0 heterocycles. The van der Waals surface area contributed by atoms with Gasteiger partial charge in [0, 0.05) is 13.1 Å². The maximum absolute atomic E-state index is 12.1. The summed E-state index contributed by atoms with van der Waals surface area (Å²) in [4.78, 5) is 13.1. The molecule has 0 aromatic heterocycles. The van der Waals surface area contributed by atoms with Crippen molar-refractivity contribution in [3.05, 3.63) is 0 Å². The molecule has 0 atom stereocenters. The average molecular weight is 283 g/mol. The predicted octanol–water partition coefficient (Wildman–Crippen LogP) is 0.0657. The Kier molecular flexibility index (Phi) is 9.23. The van der Waals surface area contributed by atoms with Crippen LogP contribution in [0.3, 0.4) is 0 Å². The molecular weight excluding hydrogens is 261 g/mol. The summed E-state index contributed by atoms with van der Waals surface area (Å²) in [6, 6.07) is 0. The van der Waals surface area contributed by atoms with Gasteiger partial charge >= 0.3 is 7.60 Å². The zero-order chi connectivity index (χ0) is 14.0. The number of nitrogens with zero attached hydrogens (tertiary/aromatic N) is 1. The molecule has 2 N–H and O–H groups in total. The molecule has 0 radical (unpaired) electrons. The van der Waals surface area contributed by atoms with Crippen LogP contribution in [0.4, 0.5) is 0 Å². The van der Waals surface area contributed by atoms with Gasteiger partial charge in [-0.3, -0.25) is 9.36 Å². The Morgan fingerprint density at radius 2 is 1.56 bits per heavy atom. The molecule has 0 saturated heterocycles. The smallest absolute Gasteiger partial charge is 0.340 e. The zero-order valence-corrected chi connectivity index (χ0v) is 11.8. The van der Waals surface area contributed by atoms with Gasteiger partial charge in [-0.2, -0.15) is 0 Å². The first-order valence-corrected chi connectivity index (χ1v) is 7.63. The van der Waals surface area contributed by atoms with E-state index in [4.69, 9.17) is 19.3 Å². The normalized spacial score (nSPS) is 11.6. The second-order valence-electron chi connectivity index (χ2n) is 3.43. The van der Waals surface area contributed by atoms with Crippen molar-refractivity contribution in [1.82, 2.24) is 4.90 Å². The van der Waals surface area contributed by atoms with Crippen molar-refractivity contribution in [2.45, 2.75) is 13.8 Å². The van der Waals surface area contributed by atoms with Gasteiger partial charge in [0.15, 0.2) is 0 Å². The van der Waals surface area contributed by atoms with Gasteiger partial charge in [0.05, 0.1) is 26.4 Å². The first-order valence-electron chi connectivity index (χ1n) is 5.90. The van der Waals surface area contributed by atoms with E-state index in [0.29, 0.717) is 0 Å². The third kappa shape index (κ3) is 6.47. The second-order valence-corrected chi connectivity index (χ2v) is 5.49. The lowest BCUT2D eigenvalue weighted by atomic mass is 10.4. The topological polar surface area (TPSA) is 96.3 Å². The summed E-state index contributed by atoms with van der Waals surface area (Å²) >= 11 is 0. The first-order chi connectivity index (χ1) is 8.52. The molecule has 0 unspecified atom stereocenters. The first kappa shape index (κ1) is 17.5. The average Bonchev–Trinajstić information content (AvgIpc) is 2.29. The Bertz CT molecular complexity index is 270. The van der Waals surface area contributed by atoms with Crippen LogP contribution < -0.4 is 0 Å². The van der Waals surface area contributed by atoms with E-state index in [1.54, 1.807) is 13.8 Å². The van der Waals surface area contributed by atoms with E-state index in [-0.39, 0.29) is 45.7 Å². The van der Waals surface area contributed by atoms with Gasteiger partial charge in [-0.1, -0.05) is 0 Å². The van der Waals surface area contributed by atoms with Crippen LogP contribution in [0.15, 0.2) is 0 Å². The number of carbonyl (C=O) groups is 1. The third-order valence-electron chi connectivity index (χ3n) is 2.07. The molecule has 0 bridgehead atoms. The highest BCUT2D eigenvalue weighted by molar-refractivity contribution is 7.54. The number of aliphatic hydroxyl groups is 2. The Morgan fingerprint density at radius 1 is 1.11 bits per heavy atom. The number of carbonyl (C=O) groups excluding carboxylic acids is 1. The van der Waals surface area contributed by atoms with Crippen LogP contribution in [-0.2, 0) is 18.4 Å². The van der Waals surface area contributed by atoms with Crippen molar-refractivity contribution in [3.8, 4) is 0 Å². The number of rotatable bonds is 10. The summed E-state index contributed by atoms with van der Waals surface area (Å²) < 4.78 is 22.1. The van der Waals surface area contributed by atoms with Crippen LogP contribution >= 0.6 is 7.60 Å². The fourth-order valence-electron chi connectivity index (χ4n) is 1.39.